The standard InChI is InChI=1S/C6H3ClN2O6/c7-4-5(9(14)15)3(10)1-2(6(4)11)8(12)13/h1,10-11H. The van der Waals surface area contributed by atoms with E-state index in [1.807, 2.05) is 0 Å². The number of aromatic hydroxyl groups is 2. The van der Waals surface area contributed by atoms with Gasteiger partial charge in [0.2, 0.25) is 11.5 Å². The van der Waals surface area contributed by atoms with Crippen molar-refractivity contribution in [2.45, 2.75) is 0 Å². The molecule has 0 fully saturated rings. The van der Waals surface area contributed by atoms with Crippen LogP contribution in [0.3, 0.4) is 0 Å². The molecule has 0 spiro atoms. The van der Waals surface area contributed by atoms with Crippen LogP contribution in [0.4, 0.5) is 11.4 Å². The summed E-state index contributed by atoms with van der Waals surface area (Å²) in [5.74, 6) is -2.03. The molecule has 1 rings (SSSR count). The Labute approximate surface area is 86.6 Å². The molecular weight excluding hydrogens is 232 g/mol. The lowest BCUT2D eigenvalue weighted by molar-refractivity contribution is -0.390. The third-order valence-corrected chi connectivity index (χ3v) is 1.91. The fourth-order valence-electron chi connectivity index (χ4n) is 0.916. The van der Waals surface area contributed by atoms with Gasteiger partial charge in [0.05, 0.1) is 15.9 Å². The highest BCUT2D eigenvalue weighted by molar-refractivity contribution is 6.34. The van der Waals surface area contributed by atoms with E-state index >= 15 is 0 Å². The molecule has 8 nitrogen and oxygen atoms in total. The maximum atomic E-state index is 10.4. The Morgan fingerprint density at radius 1 is 1.20 bits per heavy atom. The molecule has 80 valence electrons. The number of phenols is 2. The monoisotopic (exact) mass is 234 g/mol. The Morgan fingerprint density at radius 2 is 1.73 bits per heavy atom. The summed E-state index contributed by atoms with van der Waals surface area (Å²) in [6.07, 6.45) is 0. The van der Waals surface area contributed by atoms with Crippen LogP contribution in [0, 0.1) is 20.2 Å². The van der Waals surface area contributed by atoms with Crippen LogP contribution in [0.2, 0.25) is 5.02 Å². The van der Waals surface area contributed by atoms with E-state index in [1.165, 1.54) is 0 Å². The van der Waals surface area contributed by atoms with Crippen LogP contribution in [-0.2, 0) is 0 Å². The minimum Gasteiger partial charge on any atom is -0.502 e. The van der Waals surface area contributed by atoms with Crippen molar-refractivity contribution < 1.29 is 20.1 Å². The van der Waals surface area contributed by atoms with Crippen LogP contribution in [0.15, 0.2) is 6.07 Å². The van der Waals surface area contributed by atoms with Crippen molar-refractivity contribution in [3.05, 3.63) is 31.3 Å². The van der Waals surface area contributed by atoms with Gasteiger partial charge in [-0.3, -0.25) is 20.2 Å². The minimum absolute atomic E-state index is 0.458. The fraction of sp³-hybridized carbons (Fsp3) is 0. The molecular formula is C6H3ClN2O6. The highest BCUT2D eigenvalue weighted by Crippen LogP contribution is 2.45. The first-order valence-corrected chi connectivity index (χ1v) is 3.77. The molecule has 2 N–H and O–H groups in total. The number of phenolic OH excluding ortho intramolecular Hbond substituents is 2. The number of nitro benzene ring substituents is 2. The van der Waals surface area contributed by atoms with Gasteiger partial charge in [0, 0.05) is 0 Å². The summed E-state index contributed by atoms with van der Waals surface area (Å²) in [7, 11) is 0. The second kappa shape index (κ2) is 3.58. The Morgan fingerprint density at radius 3 is 2.13 bits per heavy atom. The van der Waals surface area contributed by atoms with Crippen LogP contribution in [0.5, 0.6) is 11.5 Å². The Bertz CT molecular complexity index is 459. The largest absolute Gasteiger partial charge is 0.502 e. The fourth-order valence-corrected chi connectivity index (χ4v) is 1.18. The van der Waals surface area contributed by atoms with Gasteiger partial charge in [-0.2, -0.15) is 0 Å². The minimum atomic E-state index is -1.05. The molecule has 0 saturated heterocycles. The smallest absolute Gasteiger partial charge is 0.333 e. The maximum Gasteiger partial charge on any atom is 0.333 e. The van der Waals surface area contributed by atoms with Crippen LogP contribution >= 0.6 is 11.6 Å². The number of hydrogen-bond acceptors (Lipinski definition) is 6. The predicted molar refractivity (Wildman–Crippen MR) is 48.1 cm³/mol. The molecule has 1 aromatic rings. The Hall–Kier alpha value is -2.09. The molecule has 0 heterocycles. The number of benzene rings is 1. The molecule has 0 amide bonds. The van der Waals surface area contributed by atoms with Gasteiger partial charge in [0.1, 0.15) is 0 Å². The van der Waals surface area contributed by atoms with Crippen molar-refractivity contribution in [3.8, 4) is 11.5 Å². The molecule has 0 unspecified atom stereocenters. The summed E-state index contributed by atoms with van der Waals surface area (Å²) in [4.78, 5) is 18.6. The summed E-state index contributed by atoms with van der Waals surface area (Å²) in [5, 5.41) is 38.0. The molecule has 0 aliphatic rings. The predicted octanol–water partition coefficient (Wildman–Crippen LogP) is 1.57. The molecule has 15 heavy (non-hydrogen) atoms. The summed E-state index contributed by atoms with van der Waals surface area (Å²) >= 11 is 5.29. The molecule has 1 aromatic carbocycles. The number of hydrogen-bond donors (Lipinski definition) is 2. The van der Waals surface area contributed by atoms with Crippen LogP contribution < -0.4 is 0 Å². The summed E-state index contributed by atoms with van der Waals surface area (Å²) in [6.45, 7) is 0. The van der Waals surface area contributed by atoms with Gasteiger partial charge in [0.25, 0.3) is 0 Å². The summed E-state index contributed by atoms with van der Waals surface area (Å²) in [5.41, 5.74) is -1.87. The average molecular weight is 235 g/mol. The number of rotatable bonds is 2. The van der Waals surface area contributed by atoms with Gasteiger partial charge in [-0.1, -0.05) is 11.6 Å². The highest BCUT2D eigenvalue weighted by atomic mass is 35.5. The molecule has 0 saturated carbocycles. The van der Waals surface area contributed by atoms with E-state index in [2.05, 4.69) is 0 Å². The number of halogens is 1. The van der Waals surface area contributed by atoms with Gasteiger partial charge in [-0.05, 0) is 0 Å². The van der Waals surface area contributed by atoms with Gasteiger partial charge in [-0.25, -0.2) is 0 Å². The first-order valence-electron chi connectivity index (χ1n) is 3.39. The van der Waals surface area contributed by atoms with Crippen molar-refractivity contribution in [1.82, 2.24) is 0 Å². The molecule has 9 heteroatoms. The first kappa shape index (κ1) is 11.0. The summed E-state index contributed by atoms with van der Waals surface area (Å²) < 4.78 is 0. The normalized spacial score (nSPS) is 9.93. The lowest BCUT2D eigenvalue weighted by atomic mass is 10.2. The third kappa shape index (κ3) is 1.74. The quantitative estimate of drug-likeness (QED) is 0.454. The number of nitrogens with zero attached hydrogens (tertiary/aromatic N) is 2. The van der Waals surface area contributed by atoms with E-state index in [0.29, 0.717) is 6.07 Å². The van der Waals surface area contributed by atoms with Gasteiger partial charge in [-0.15, -0.1) is 0 Å². The van der Waals surface area contributed by atoms with Gasteiger partial charge < -0.3 is 10.2 Å². The Balaban J connectivity index is 3.58. The van der Waals surface area contributed by atoms with Gasteiger partial charge in [0.15, 0.2) is 5.02 Å². The topological polar surface area (TPSA) is 127 Å². The average Bonchev–Trinajstić information content (AvgIpc) is 2.10. The second-order valence-corrected chi connectivity index (χ2v) is 2.82. The van der Waals surface area contributed by atoms with E-state index in [0.717, 1.165) is 0 Å². The van der Waals surface area contributed by atoms with E-state index in [-0.39, 0.29) is 0 Å². The van der Waals surface area contributed by atoms with Gasteiger partial charge >= 0.3 is 11.4 Å². The SMILES string of the molecule is O=[N+]([O-])c1cc(O)c([N+](=O)[O-])c(Cl)c1O. The lowest BCUT2D eigenvalue weighted by Crippen LogP contribution is -1.94. The zero-order valence-electron chi connectivity index (χ0n) is 6.88. The third-order valence-electron chi connectivity index (χ3n) is 1.55. The van der Waals surface area contributed by atoms with E-state index in [1.54, 1.807) is 0 Å². The van der Waals surface area contributed by atoms with Crippen LogP contribution in [0.1, 0.15) is 0 Å². The highest BCUT2D eigenvalue weighted by Gasteiger charge is 2.29. The first-order chi connectivity index (χ1) is 6.86. The molecule has 0 aromatic heterocycles. The Kier molecular flexibility index (Phi) is 2.62. The van der Waals surface area contributed by atoms with Crippen molar-refractivity contribution in [3.63, 3.8) is 0 Å². The maximum absolute atomic E-state index is 10.4. The molecule has 0 aliphatic heterocycles. The van der Waals surface area contributed by atoms with Crippen LogP contribution in [-0.4, -0.2) is 20.1 Å². The molecule has 0 bridgehead atoms. The zero-order chi connectivity index (χ0) is 11.7. The second-order valence-electron chi connectivity index (χ2n) is 2.44. The van der Waals surface area contributed by atoms with E-state index in [9.17, 15) is 20.2 Å². The van der Waals surface area contributed by atoms with Crippen LogP contribution in [0.25, 0.3) is 0 Å². The number of nitro groups is 2. The molecule has 0 radical (unpaired) electrons. The van der Waals surface area contributed by atoms with Crippen molar-refractivity contribution in [2.24, 2.45) is 0 Å². The van der Waals surface area contributed by atoms with E-state index in [4.69, 9.17) is 21.8 Å². The van der Waals surface area contributed by atoms with E-state index < -0.39 is 37.7 Å². The molecule has 0 aliphatic carbocycles. The van der Waals surface area contributed by atoms with Crippen molar-refractivity contribution in [1.29, 1.82) is 0 Å². The lowest BCUT2D eigenvalue weighted by Gasteiger charge is -2.01. The van der Waals surface area contributed by atoms with Crippen molar-refractivity contribution in [2.75, 3.05) is 0 Å². The molecule has 0 atom stereocenters. The zero-order valence-corrected chi connectivity index (χ0v) is 7.63. The summed E-state index contributed by atoms with van der Waals surface area (Å²) in [6, 6.07) is 0.458. The van der Waals surface area contributed by atoms with Crippen molar-refractivity contribution >= 4 is 23.0 Å².